The minimum Gasteiger partial charge on any atom is -0.485 e. The fourth-order valence-corrected chi connectivity index (χ4v) is 2.44. The molecule has 0 unspecified atom stereocenters. The van der Waals surface area contributed by atoms with Gasteiger partial charge in [0.2, 0.25) is 0 Å². The number of halogens is 2. The van der Waals surface area contributed by atoms with Crippen LogP contribution in [0.1, 0.15) is 10.6 Å². The Balaban J connectivity index is 2.04. The van der Waals surface area contributed by atoms with Crippen molar-refractivity contribution in [1.29, 1.82) is 0 Å². The summed E-state index contributed by atoms with van der Waals surface area (Å²) in [6, 6.07) is 5.83. The zero-order valence-electron chi connectivity index (χ0n) is 8.32. The Kier molecular flexibility index (Phi) is 4.21. The summed E-state index contributed by atoms with van der Waals surface area (Å²) in [5.74, 6) is 1.31. The van der Waals surface area contributed by atoms with E-state index in [1.165, 1.54) is 0 Å². The number of nitrogens with zero attached hydrogens (tertiary/aromatic N) is 1. The number of ether oxygens (including phenoxy) is 1. The molecule has 0 aliphatic carbocycles. The highest BCUT2D eigenvalue weighted by Crippen LogP contribution is 2.27. The number of benzene rings is 1. The topological polar surface area (TPSA) is 22.1 Å². The first-order valence-corrected chi connectivity index (χ1v) is 6.86. The maximum atomic E-state index is 5.74. The van der Waals surface area contributed by atoms with Crippen LogP contribution in [-0.2, 0) is 12.5 Å². The van der Waals surface area contributed by atoms with E-state index >= 15 is 0 Å². The summed E-state index contributed by atoms with van der Waals surface area (Å²) in [6.07, 6.45) is 1.77. The van der Waals surface area contributed by atoms with Crippen molar-refractivity contribution in [3.8, 4) is 5.75 Å². The van der Waals surface area contributed by atoms with Gasteiger partial charge in [-0.1, -0.05) is 6.07 Å². The molecule has 0 atom stereocenters. The second-order valence-corrected chi connectivity index (χ2v) is 5.21. The van der Waals surface area contributed by atoms with Crippen molar-refractivity contribution >= 4 is 38.9 Å². The van der Waals surface area contributed by atoms with Crippen molar-refractivity contribution in [2.24, 2.45) is 0 Å². The Bertz CT molecular complexity index is 461. The van der Waals surface area contributed by atoms with Crippen molar-refractivity contribution in [3.63, 3.8) is 0 Å². The van der Waals surface area contributed by atoms with Crippen molar-refractivity contribution in [1.82, 2.24) is 4.98 Å². The lowest BCUT2D eigenvalue weighted by atomic mass is 10.2. The molecular weight excluding hydrogens is 310 g/mol. The molecule has 0 saturated heterocycles. The Morgan fingerprint density at radius 3 is 2.94 bits per heavy atom. The van der Waals surface area contributed by atoms with E-state index in [2.05, 4.69) is 20.9 Å². The van der Waals surface area contributed by atoms with E-state index < -0.39 is 0 Å². The molecule has 2 rings (SSSR count). The largest absolute Gasteiger partial charge is 0.485 e. The maximum Gasteiger partial charge on any atom is 0.140 e. The second-order valence-electron chi connectivity index (χ2n) is 3.11. The third kappa shape index (κ3) is 2.97. The van der Waals surface area contributed by atoms with Crippen LogP contribution in [0.25, 0.3) is 0 Å². The van der Waals surface area contributed by atoms with E-state index in [4.69, 9.17) is 16.3 Å². The molecule has 0 fully saturated rings. The average Bonchev–Trinajstić information content (AvgIpc) is 2.80. The minimum absolute atomic E-state index is 0.497. The van der Waals surface area contributed by atoms with Gasteiger partial charge in [0.05, 0.1) is 4.47 Å². The van der Waals surface area contributed by atoms with Gasteiger partial charge in [0, 0.05) is 17.5 Å². The summed E-state index contributed by atoms with van der Waals surface area (Å²) in [4.78, 5) is 4.15. The summed E-state index contributed by atoms with van der Waals surface area (Å²) in [6.45, 7) is 0.497. The van der Waals surface area contributed by atoms with Crippen LogP contribution >= 0.6 is 38.9 Å². The zero-order chi connectivity index (χ0) is 11.4. The summed E-state index contributed by atoms with van der Waals surface area (Å²) in [5.41, 5.74) is 1.06. The predicted molar refractivity (Wildman–Crippen MR) is 70.1 cm³/mol. The summed E-state index contributed by atoms with van der Waals surface area (Å²) in [5, 5.41) is 2.90. The van der Waals surface area contributed by atoms with Gasteiger partial charge in [0.15, 0.2) is 0 Å². The van der Waals surface area contributed by atoms with Crippen LogP contribution in [0.3, 0.4) is 0 Å². The molecule has 0 N–H and O–H groups in total. The van der Waals surface area contributed by atoms with Crippen molar-refractivity contribution < 1.29 is 4.74 Å². The van der Waals surface area contributed by atoms with Gasteiger partial charge >= 0.3 is 0 Å². The van der Waals surface area contributed by atoms with E-state index in [1.807, 2.05) is 23.6 Å². The van der Waals surface area contributed by atoms with E-state index in [9.17, 15) is 0 Å². The van der Waals surface area contributed by atoms with Gasteiger partial charge in [-0.15, -0.1) is 22.9 Å². The molecule has 0 aliphatic rings. The number of thiazole rings is 1. The molecule has 0 radical (unpaired) electrons. The zero-order valence-corrected chi connectivity index (χ0v) is 11.5. The first-order chi connectivity index (χ1) is 7.79. The van der Waals surface area contributed by atoms with Gasteiger partial charge in [-0.3, -0.25) is 0 Å². The number of alkyl halides is 1. The molecule has 0 spiro atoms. The van der Waals surface area contributed by atoms with Gasteiger partial charge in [-0.2, -0.15) is 0 Å². The Labute approximate surface area is 111 Å². The second kappa shape index (κ2) is 5.66. The van der Waals surface area contributed by atoms with Gasteiger partial charge in [-0.05, 0) is 33.6 Å². The quantitative estimate of drug-likeness (QED) is 0.787. The Morgan fingerprint density at radius 2 is 2.31 bits per heavy atom. The standard InChI is InChI=1S/C11H9BrClNOS/c12-9-5-8(6-13)1-2-10(9)15-7-11-14-3-4-16-11/h1-5H,6-7H2. The normalized spacial score (nSPS) is 10.4. The fourth-order valence-electron chi connectivity index (χ4n) is 1.21. The van der Waals surface area contributed by atoms with Crippen LogP contribution in [0.15, 0.2) is 34.2 Å². The molecule has 0 bridgehead atoms. The lowest BCUT2D eigenvalue weighted by Gasteiger charge is -2.07. The minimum atomic E-state index is 0.497. The lowest BCUT2D eigenvalue weighted by molar-refractivity contribution is 0.303. The summed E-state index contributed by atoms with van der Waals surface area (Å²) in [7, 11) is 0. The van der Waals surface area contributed by atoms with Crippen molar-refractivity contribution in [2.45, 2.75) is 12.5 Å². The highest BCUT2D eigenvalue weighted by molar-refractivity contribution is 9.10. The van der Waals surface area contributed by atoms with Gasteiger partial charge in [0.1, 0.15) is 17.4 Å². The molecule has 0 saturated carbocycles. The molecular formula is C11H9BrClNOS. The molecule has 2 aromatic rings. The summed E-state index contributed by atoms with van der Waals surface area (Å²) < 4.78 is 6.56. The monoisotopic (exact) mass is 317 g/mol. The third-order valence-electron chi connectivity index (χ3n) is 1.99. The van der Waals surface area contributed by atoms with Gasteiger partial charge < -0.3 is 4.74 Å². The van der Waals surface area contributed by atoms with Crippen molar-refractivity contribution in [3.05, 3.63) is 44.8 Å². The van der Waals surface area contributed by atoms with E-state index in [-0.39, 0.29) is 0 Å². The van der Waals surface area contributed by atoms with E-state index in [0.29, 0.717) is 12.5 Å². The Morgan fingerprint density at radius 1 is 1.44 bits per heavy atom. The fraction of sp³-hybridized carbons (Fsp3) is 0.182. The van der Waals surface area contributed by atoms with Gasteiger partial charge in [0.25, 0.3) is 0 Å². The van der Waals surface area contributed by atoms with Crippen LogP contribution in [0, 0.1) is 0 Å². The van der Waals surface area contributed by atoms with Crippen LogP contribution in [0.2, 0.25) is 0 Å². The lowest BCUT2D eigenvalue weighted by Crippen LogP contribution is -1.95. The van der Waals surface area contributed by atoms with E-state index in [0.717, 1.165) is 20.8 Å². The highest BCUT2D eigenvalue weighted by atomic mass is 79.9. The molecule has 84 valence electrons. The molecule has 0 amide bonds. The first-order valence-electron chi connectivity index (χ1n) is 4.65. The SMILES string of the molecule is ClCc1ccc(OCc2nccs2)c(Br)c1. The molecule has 1 aromatic heterocycles. The maximum absolute atomic E-state index is 5.74. The molecule has 2 nitrogen and oxygen atoms in total. The molecule has 16 heavy (non-hydrogen) atoms. The first kappa shape index (κ1) is 11.9. The predicted octanol–water partition coefficient (Wildman–Crippen LogP) is 4.22. The van der Waals surface area contributed by atoms with Crippen LogP contribution in [0.5, 0.6) is 5.75 Å². The molecule has 0 aliphatic heterocycles. The van der Waals surface area contributed by atoms with Crippen LogP contribution < -0.4 is 4.74 Å². The highest BCUT2D eigenvalue weighted by Gasteiger charge is 2.03. The average molecular weight is 319 g/mol. The summed E-state index contributed by atoms with van der Waals surface area (Å²) >= 11 is 10.8. The Hall–Kier alpha value is -0.580. The number of rotatable bonds is 4. The van der Waals surface area contributed by atoms with Gasteiger partial charge in [-0.25, -0.2) is 4.98 Å². The number of hydrogen-bond acceptors (Lipinski definition) is 3. The number of hydrogen-bond donors (Lipinski definition) is 0. The molecule has 1 heterocycles. The van der Waals surface area contributed by atoms with Crippen LogP contribution in [0.4, 0.5) is 0 Å². The van der Waals surface area contributed by atoms with E-state index in [1.54, 1.807) is 17.5 Å². The smallest absolute Gasteiger partial charge is 0.140 e. The van der Waals surface area contributed by atoms with Crippen LogP contribution in [-0.4, -0.2) is 4.98 Å². The molecule has 1 aromatic carbocycles. The number of aromatic nitrogens is 1. The third-order valence-corrected chi connectivity index (χ3v) is 3.67. The van der Waals surface area contributed by atoms with Crippen molar-refractivity contribution in [2.75, 3.05) is 0 Å². The molecule has 5 heteroatoms.